The summed E-state index contributed by atoms with van der Waals surface area (Å²) in [6, 6.07) is 2.77. The number of fused-ring (bicyclic) bond motifs is 1. The van der Waals surface area contributed by atoms with Gasteiger partial charge >= 0.3 is 12.1 Å². The lowest BCUT2D eigenvalue weighted by molar-refractivity contribution is -0.266. The number of ketones is 2. The van der Waals surface area contributed by atoms with Crippen LogP contribution in [0, 0.1) is 35.5 Å². The zero-order valence-electron chi connectivity index (χ0n) is 37.3. The summed E-state index contributed by atoms with van der Waals surface area (Å²) in [5.41, 5.74) is -5.85. The fraction of sp³-hybridized carbons (Fsp3) is 0.698. The third kappa shape index (κ3) is 10.5. The molecule has 0 saturated carbocycles. The number of nitrogens with zero attached hydrogens (tertiary/aromatic N) is 6. The molecule has 0 aromatic carbocycles. The second-order valence-corrected chi connectivity index (χ2v) is 16.7. The van der Waals surface area contributed by atoms with E-state index in [0.717, 1.165) is 6.92 Å². The van der Waals surface area contributed by atoms with E-state index in [2.05, 4.69) is 27.1 Å². The Hall–Kier alpha value is -4.41. The number of amides is 1. The first-order chi connectivity index (χ1) is 28.6. The highest BCUT2D eigenvalue weighted by molar-refractivity contribution is 6.08. The highest BCUT2D eigenvalue weighted by Crippen LogP contribution is 2.43. The van der Waals surface area contributed by atoms with Crippen LogP contribution >= 0.6 is 0 Å². The first kappa shape index (κ1) is 49.2. The van der Waals surface area contributed by atoms with Gasteiger partial charge in [-0.25, -0.2) is 23.6 Å². The fourth-order valence-corrected chi connectivity index (χ4v) is 8.79. The molecule has 0 spiro atoms. The molecule has 4 heterocycles. The maximum Gasteiger partial charge on any atom is 0.411 e. The fourth-order valence-electron chi connectivity index (χ4n) is 8.79. The number of aromatic nitrogens is 4. The van der Waals surface area contributed by atoms with Crippen molar-refractivity contribution >= 4 is 23.6 Å². The van der Waals surface area contributed by atoms with Crippen LogP contribution in [0.3, 0.4) is 0 Å². The van der Waals surface area contributed by atoms with Gasteiger partial charge in [0.15, 0.2) is 17.7 Å². The van der Waals surface area contributed by atoms with Crippen LogP contribution in [0.25, 0.3) is 11.4 Å². The summed E-state index contributed by atoms with van der Waals surface area (Å²) in [5, 5.41) is 19.6. The molecule has 12 atom stereocenters. The molecule has 2 fully saturated rings. The number of aliphatic hydroxyl groups is 1. The number of pyridine rings is 1. The lowest BCUT2D eigenvalue weighted by Gasteiger charge is -2.45. The molecule has 2 aromatic heterocycles. The van der Waals surface area contributed by atoms with Gasteiger partial charge in [-0.1, -0.05) is 57.7 Å². The lowest BCUT2D eigenvalue weighted by atomic mass is 9.73. The van der Waals surface area contributed by atoms with Crippen molar-refractivity contribution in [1.82, 2.24) is 29.8 Å². The average molecular weight is 861 g/mol. The number of cyclic esters (lactones) is 1. The van der Waals surface area contributed by atoms with E-state index in [9.17, 15) is 28.7 Å². The van der Waals surface area contributed by atoms with Gasteiger partial charge in [0.2, 0.25) is 5.95 Å². The summed E-state index contributed by atoms with van der Waals surface area (Å²) in [6.07, 6.45) is -4.09. The van der Waals surface area contributed by atoms with Crippen LogP contribution in [0.5, 0.6) is 0 Å². The van der Waals surface area contributed by atoms with Gasteiger partial charge in [-0.15, -0.1) is 5.10 Å². The summed E-state index contributed by atoms with van der Waals surface area (Å²) in [6.45, 7) is 13.8. The Morgan fingerprint density at radius 1 is 1.03 bits per heavy atom. The number of halogens is 2. The van der Waals surface area contributed by atoms with Crippen molar-refractivity contribution in [3.63, 3.8) is 0 Å². The van der Waals surface area contributed by atoms with Crippen molar-refractivity contribution in [1.29, 1.82) is 0 Å². The molecule has 2 aliphatic heterocycles. The van der Waals surface area contributed by atoms with Crippen molar-refractivity contribution in [3.05, 3.63) is 30.3 Å². The predicted molar refractivity (Wildman–Crippen MR) is 218 cm³/mol. The minimum absolute atomic E-state index is 0.0164. The molecule has 16 nitrogen and oxygen atoms in total. The molecule has 0 bridgehead atoms. The summed E-state index contributed by atoms with van der Waals surface area (Å²) in [4.78, 5) is 63.5. The molecule has 18 heteroatoms. The maximum atomic E-state index is 16.9. The molecule has 4 rings (SSSR count). The van der Waals surface area contributed by atoms with Gasteiger partial charge in [-0.3, -0.25) is 14.5 Å². The van der Waals surface area contributed by atoms with Crippen molar-refractivity contribution < 1.29 is 56.7 Å². The Morgan fingerprint density at radius 2 is 1.70 bits per heavy atom. The number of hydrogen-bond donors (Lipinski definition) is 1. The van der Waals surface area contributed by atoms with Crippen LogP contribution in [0.1, 0.15) is 81.6 Å². The van der Waals surface area contributed by atoms with Crippen LogP contribution in [0.4, 0.5) is 13.6 Å². The minimum Gasteiger partial charge on any atom is -0.455 e. The Bertz CT molecular complexity index is 1940. The number of esters is 1. The van der Waals surface area contributed by atoms with Gasteiger partial charge in [0.1, 0.15) is 30.2 Å². The van der Waals surface area contributed by atoms with Gasteiger partial charge in [0.05, 0.1) is 36.2 Å². The second-order valence-electron chi connectivity index (χ2n) is 16.7. The highest BCUT2D eigenvalue weighted by atomic mass is 19.1. The molecule has 2 aromatic rings. The third-order valence-electron chi connectivity index (χ3n) is 12.1. The minimum atomic E-state index is -3.23. The summed E-state index contributed by atoms with van der Waals surface area (Å²) in [7, 11) is 4.94. The quantitative estimate of drug-likeness (QED) is 0.0982. The SMILES string of the molecule is CCO[C@@H](O[C@@H]1[C@@H](C)C(=O)[C@](C)(F)C(=O)O[C@H](CC)[C@@]2(C)OC(=O)N(CC#CCn3cc(-c4cccc(F)n4)nn3)[C@@H]2[C@@H](C)C(=O)[C@H](C)C[C@@]1(C)OC)C(O)C(CC)N(C)C. The highest BCUT2D eigenvalue weighted by Gasteiger charge is 2.61. The molecule has 0 radical (unpaired) electrons. The zero-order chi connectivity index (χ0) is 45.6. The van der Waals surface area contributed by atoms with Crippen LogP contribution in [0.2, 0.25) is 0 Å². The van der Waals surface area contributed by atoms with E-state index in [0.29, 0.717) is 12.1 Å². The lowest BCUT2D eigenvalue weighted by Crippen LogP contribution is -2.61. The first-order valence-corrected chi connectivity index (χ1v) is 20.7. The van der Waals surface area contributed by atoms with Crippen LogP contribution in [0.15, 0.2) is 24.4 Å². The molecule has 61 heavy (non-hydrogen) atoms. The number of likely N-dealkylation sites (N-methyl/N-ethyl adjacent to an activating group) is 1. The van der Waals surface area contributed by atoms with Crippen LogP contribution in [-0.4, -0.2) is 146 Å². The Morgan fingerprint density at radius 3 is 2.30 bits per heavy atom. The molecular formula is C43H62F2N6O10. The van der Waals surface area contributed by atoms with Crippen molar-refractivity contribution in [2.45, 2.75) is 142 Å². The van der Waals surface area contributed by atoms with Crippen LogP contribution in [-0.2, 0) is 44.6 Å². The van der Waals surface area contributed by atoms with Gasteiger partial charge in [0.25, 0.3) is 5.67 Å². The predicted octanol–water partition coefficient (Wildman–Crippen LogP) is 4.42. The molecule has 2 aliphatic rings. The Balaban J connectivity index is 1.75. The molecule has 2 saturated heterocycles. The van der Waals surface area contributed by atoms with E-state index in [4.69, 9.17) is 23.7 Å². The van der Waals surface area contributed by atoms with Crippen LogP contribution < -0.4 is 0 Å². The van der Waals surface area contributed by atoms with Crippen molar-refractivity contribution in [3.8, 4) is 23.2 Å². The summed E-state index contributed by atoms with van der Waals surface area (Å²) < 4.78 is 62.2. The number of carbonyl (C=O) groups excluding carboxylic acids is 4. The molecular weight excluding hydrogens is 799 g/mol. The maximum absolute atomic E-state index is 16.9. The number of ether oxygens (including phenoxy) is 5. The Labute approximate surface area is 356 Å². The van der Waals surface area contributed by atoms with Gasteiger partial charge in [-0.05, 0) is 73.2 Å². The second kappa shape index (κ2) is 20.2. The van der Waals surface area contributed by atoms with E-state index in [1.54, 1.807) is 59.7 Å². The average Bonchev–Trinajstić information content (AvgIpc) is 3.79. The first-order valence-electron chi connectivity index (χ1n) is 20.7. The molecule has 2 unspecified atom stereocenters. The number of aliphatic hydroxyl groups excluding tert-OH is 1. The monoisotopic (exact) mass is 860 g/mol. The van der Waals surface area contributed by atoms with E-state index in [-0.39, 0.29) is 44.0 Å². The molecule has 1 amide bonds. The number of methoxy groups -OCH3 is 1. The van der Waals surface area contributed by atoms with Gasteiger partial charge in [0, 0.05) is 37.5 Å². The van der Waals surface area contributed by atoms with Gasteiger partial charge < -0.3 is 33.7 Å². The van der Waals surface area contributed by atoms with Gasteiger partial charge in [-0.2, -0.15) is 4.39 Å². The van der Waals surface area contributed by atoms with E-state index in [1.807, 2.05) is 6.92 Å². The Kier molecular flexibility index (Phi) is 16.3. The van der Waals surface area contributed by atoms with Crippen molar-refractivity contribution in [2.75, 3.05) is 34.4 Å². The number of rotatable bonds is 13. The number of Topliss-reactive ketones (excluding diaryl/α,β-unsaturated/α-hetero) is 2. The van der Waals surface area contributed by atoms with E-state index >= 15 is 4.39 Å². The topological polar surface area (TPSA) is 185 Å². The third-order valence-corrected chi connectivity index (χ3v) is 12.1. The summed E-state index contributed by atoms with van der Waals surface area (Å²) >= 11 is 0. The van der Waals surface area contributed by atoms with E-state index < -0.39 is 95.1 Å². The standard InChI is InChI=1S/C43H62F2N6O10/c1-13-30(49(10)11)34(53)38(58-15-3)60-37-27(6)36(54)42(8,45)39(55)59-31(14-2)43(9)35(26(5)33(52)25(4)23-41(37,7)57-12)51(40(56)61-43)22-17-16-21-50-24-29(47-48-50)28-19-18-20-32(44)46-28/h18-20,24-27,30-31,34-35,37-38,53H,13-15,21-23H2,1-12H3/t25-,26+,27+,30?,31-,34?,35-,37-,38+,41-,42+,43-/m1/s1. The summed E-state index contributed by atoms with van der Waals surface area (Å²) in [5.74, 6) is -1.04. The molecule has 338 valence electrons. The largest absolute Gasteiger partial charge is 0.455 e. The number of carbonyl (C=O) groups is 4. The van der Waals surface area contributed by atoms with Crippen molar-refractivity contribution in [2.24, 2.45) is 17.8 Å². The number of alkyl halides is 1. The number of hydrogen-bond acceptors (Lipinski definition) is 14. The smallest absolute Gasteiger partial charge is 0.411 e. The normalized spacial score (nSPS) is 31.7. The zero-order valence-corrected chi connectivity index (χ0v) is 37.3. The molecule has 1 N–H and O–H groups in total. The molecule has 0 aliphatic carbocycles. The van der Waals surface area contributed by atoms with E-state index in [1.165, 1.54) is 48.9 Å².